The second kappa shape index (κ2) is 48.2. The van der Waals surface area contributed by atoms with Crippen LogP contribution in [0.3, 0.4) is 0 Å². The zero-order valence-corrected chi connectivity index (χ0v) is 52.7. The van der Waals surface area contributed by atoms with E-state index in [1.54, 1.807) is 62.3 Å². The summed E-state index contributed by atoms with van der Waals surface area (Å²) in [6.45, 7) is 26.5. The molecule has 9 N–H and O–H groups in total. The summed E-state index contributed by atoms with van der Waals surface area (Å²) in [5, 5.41) is 19.6. The fourth-order valence-electron chi connectivity index (χ4n) is 7.29. The van der Waals surface area contributed by atoms with Crippen LogP contribution in [0, 0.1) is 0 Å². The monoisotopic (exact) mass is 1220 g/mol. The first kappa shape index (κ1) is 78.2. The normalized spacial score (nSPS) is 14.5. The van der Waals surface area contributed by atoms with Gasteiger partial charge in [-0.2, -0.15) is 0 Å². The lowest BCUT2D eigenvalue weighted by Crippen LogP contribution is -2.51. The van der Waals surface area contributed by atoms with Crippen LogP contribution in [-0.4, -0.2) is 315 Å². The van der Waals surface area contributed by atoms with E-state index in [1.165, 1.54) is 0 Å². The van der Waals surface area contributed by atoms with Crippen molar-refractivity contribution in [2.24, 2.45) is 5.73 Å². The number of nitrogens with one attached hydrogen (secondary N) is 7. The van der Waals surface area contributed by atoms with Gasteiger partial charge < -0.3 is 95.1 Å². The quantitative estimate of drug-likeness (QED) is 0.0250. The molecule has 0 aromatic rings. The molecular weight excluding hydrogens is 1120 g/mol. The smallest absolute Gasteiger partial charge is 0.407 e. The summed E-state index contributed by atoms with van der Waals surface area (Å²) in [6.07, 6.45) is -1.56. The molecule has 1 fully saturated rings. The predicted octanol–water partition coefficient (Wildman–Crippen LogP) is -1.66. The molecule has 1 aliphatic rings. The zero-order valence-electron chi connectivity index (χ0n) is 52.7. The lowest BCUT2D eigenvalue weighted by Gasteiger charge is -2.33. The van der Waals surface area contributed by atoms with Crippen LogP contribution in [0.2, 0.25) is 0 Å². The van der Waals surface area contributed by atoms with E-state index in [9.17, 15) is 33.6 Å². The Hall–Kier alpha value is -4.83. The first-order valence-corrected chi connectivity index (χ1v) is 29.6. The minimum Gasteiger partial charge on any atom is -0.444 e. The molecule has 0 spiro atoms. The SMILES string of the molecule is CC(C)(C)OC(=O)NCCOCCOCCNC(=O)CN1CCN(CC(=O)NCCOCCOCCN)CCN(CC(=O)NCCOCCOCCNC(=O)OC(C)(C)C)CCN(CC(=O)NCCOCCOCCNC(=O)OC(C)(C)C)CC1. The van der Waals surface area contributed by atoms with Gasteiger partial charge in [-0.3, -0.25) is 38.8 Å². The lowest BCUT2D eigenvalue weighted by atomic mass is 10.2. The Labute approximate surface area is 504 Å². The van der Waals surface area contributed by atoms with Gasteiger partial charge in [-0.15, -0.1) is 0 Å². The van der Waals surface area contributed by atoms with Gasteiger partial charge in [0.2, 0.25) is 23.6 Å². The number of amides is 7. The van der Waals surface area contributed by atoms with Crippen LogP contribution in [0.5, 0.6) is 0 Å². The number of hydrogen-bond acceptors (Lipinski definition) is 23. The minimum absolute atomic E-state index is 0.0349. The Balaban J connectivity index is 2.97. The molecule has 0 unspecified atom stereocenters. The third-order valence-corrected chi connectivity index (χ3v) is 11.2. The summed E-state index contributed by atoms with van der Waals surface area (Å²) < 4.78 is 60.1. The number of nitrogens with two attached hydrogens (primary N) is 1. The second-order valence-electron chi connectivity index (χ2n) is 22.5. The highest BCUT2D eigenvalue weighted by atomic mass is 16.6. The van der Waals surface area contributed by atoms with Crippen molar-refractivity contribution in [2.75, 3.05) is 237 Å². The molecule has 30 heteroatoms. The largest absolute Gasteiger partial charge is 0.444 e. The Kier molecular flexibility index (Phi) is 44.3. The van der Waals surface area contributed by atoms with Crippen molar-refractivity contribution in [3.05, 3.63) is 0 Å². The van der Waals surface area contributed by atoms with Gasteiger partial charge in [-0.1, -0.05) is 0 Å². The molecule has 0 aromatic heterocycles. The summed E-state index contributed by atoms with van der Waals surface area (Å²) in [7, 11) is 0. The Morgan fingerprint density at radius 2 is 0.471 bits per heavy atom. The fourth-order valence-corrected chi connectivity index (χ4v) is 7.29. The number of rotatable bonds is 43. The van der Waals surface area contributed by atoms with E-state index in [0.717, 1.165) is 0 Å². The Morgan fingerprint density at radius 3 is 0.647 bits per heavy atom. The van der Waals surface area contributed by atoms with Gasteiger partial charge in [0.15, 0.2) is 0 Å². The molecule has 1 heterocycles. The Morgan fingerprint density at radius 1 is 0.294 bits per heavy atom. The number of nitrogens with zero attached hydrogens (tertiary/aromatic N) is 4. The van der Waals surface area contributed by atoms with E-state index in [2.05, 4.69) is 37.2 Å². The van der Waals surface area contributed by atoms with Crippen LogP contribution in [0.25, 0.3) is 0 Å². The first-order valence-electron chi connectivity index (χ1n) is 29.6. The molecule has 496 valence electrons. The summed E-state index contributed by atoms with van der Waals surface area (Å²) in [5.41, 5.74) is 3.68. The zero-order chi connectivity index (χ0) is 63.0. The van der Waals surface area contributed by atoms with Gasteiger partial charge in [-0.25, -0.2) is 14.4 Å². The molecular formula is C55H108N12O18. The van der Waals surface area contributed by atoms with E-state index >= 15 is 0 Å². The maximum absolute atomic E-state index is 13.4. The number of carbonyl (C=O) groups excluding carboxylic acids is 7. The summed E-state index contributed by atoms with van der Waals surface area (Å²) in [5.74, 6) is -0.909. The third-order valence-electron chi connectivity index (χ3n) is 11.2. The molecule has 30 nitrogen and oxygen atoms in total. The topological polar surface area (TPSA) is 344 Å². The molecule has 85 heavy (non-hydrogen) atoms. The number of alkyl carbamates (subject to hydrolysis) is 3. The minimum atomic E-state index is -0.598. The molecule has 0 radical (unpaired) electrons. The summed E-state index contributed by atoms with van der Waals surface area (Å²) in [4.78, 5) is 97.1. The highest BCUT2D eigenvalue weighted by Gasteiger charge is 2.23. The lowest BCUT2D eigenvalue weighted by molar-refractivity contribution is -0.125. The average molecular weight is 1230 g/mol. The molecule has 7 amide bonds. The predicted molar refractivity (Wildman–Crippen MR) is 316 cm³/mol. The van der Waals surface area contributed by atoms with Crippen molar-refractivity contribution in [3.63, 3.8) is 0 Å². The van der Waals surface area contributed by atoms with E-state index in [-0.39, 0.29) is 149 Å². The second-order valence-corrected chi connectivity index (χ2v) is 22.5. The van der Waals surface area contributed by atoms with E-state index in [0.29, 0.717) is 112 Å². The molecule has 1 rings (SSSR count). The van der Waals surface area contributed by atoms with E-state index in [1.807, 2.05) is 19.6 Å². The van der Waals surface area contributed by atoms with Crippen molar-refractivity contribution < 1.29 is 85.7 Å². The van der Waals surface area contributed by atoms with Crippen molar-refractivity contribution >= 4 is 41.9 Å². The third kappa shape index (κ3) is 52.1. The Bertz CT molecular complexity index is 1730. The number of carbonyl (C=O) groups is 7. The average Bonchev–Trinajstić information content (AvgIpc) is 3.44. The van der Waals surface area contributed by atoms with Crippen LogP contribution in [0.4, 0.5) is 14.4 Å². The highest BCUT2D eigenvalue weighted by molar-refractivity contribution is 5.79. The fraction of sp³-hybridized carbons (Fsp3) is 0.873. The maximum Gasteiger partial charge on any atom is 0.407 e. The molecule has 0 aliphatic carbocycles. The van der Waals surface area contributed by atoms with Gasteiger partial charge >= 0.3 is 18.3 Å². The molecule has 0 saturated carbocycles. The van der Waals surface area contributed by atoms with E-state index in [4.69, 9.17) is 57.8 Å². The molecule has 1 saturated heterocycles. The van der Waals surface area contributed by atoms with Crippen molar-refractivity contribution in [1.82, 2.24) is 56.8 Å². The molecule has 1 aliphatic heterocycles. The maximum atomic E-state index is 13.4. The summed E-state index contributed by atoms with van der Waals surface area (Å²) >= 11 is 0. The summed E-state index contributed by atoms with van der Waals surface area (Å²) in [6, 6.07) is 0. The molecule has 0 aromatic carbocycles. The van der Waals surface area contributed by atoms with Gasteiger partial charge in [-0.05, 0) is 62.3 Å². The van der Waals surface area contributed by atoms with Crippen LogP contribution < -0.4 is 43.0 Å². The van der Waals surface area contributed by atoms with Crippen LogP contribution in [0.1, 0.15) is 62.3 Å². The van der Waals surface area contributed by atoms with Crippen LogP contribution in [0.15, 0.2) is 0 Å². The number of ether oxygens (including phenoxy) is 11. The van der Waals surface area contributed by atoms with Crippen molar-refractivity contribution in [1.29, 1.82) is 0 Å². The first-order chi connectivity index (χ1) is 40.4. The van der Waals surface area contributed by atoms with Crippen LogP contribution >= 0.6 is 0 Å². The standard InChI is InChI=1S/C55H108N12O18/c1-53(2,3)83-50(72)61-15-31-80-39-36-77-28-12-58-47(69)43-65-20-18-64(42-46(68)57-11-27-76-35-34-75-26-10-56)19-21-66(44-48(70)59-13-29-78-37-40-81-32-16-62-51(73)84-54(4,5)6)23-25-67(24-22-65)45-49(71)60-14-30-79-38-41-82-33-17-63-52(74)85-55(7,8)9/h10-45,56H2,1-9H3,(H,57,68)(H,58,69)(H,59,70)(H,60,71)(H,61,72)(H,62,73)(H,63,74). The molecule has 0 atom stereocenters. The van der Waals surface area contributed by atoms with Crippen molar-refractivity contribution in [2.45, 2.75) is 79.1 Å². The highest BCUT2D eigenvalue weighted by Crippen LogP contribution is 2.08. The van der Waals surface area contributed by atoms with Gasteiger partial charge in [0.05, 0.1) is 132 Å². The molecule has 0 bridgehead atoms. The number of hydrogen-bond donors (Lipinski definition) is 8. The van der Waals surface area contributed by atoms with Gasteiger partial charge in [0.25, 0.3) is 0 Å². The van der Waals surface area contributed by atoms with Crippen molar-refractivity contribution in [3.8, 4) is 0 Å². The van der Waals surface area contributed by atoms with E-state index < -0.39 is 35.1 Å². The van der Waals surface area contributed by atoms with Crippen LogP contribution in [-0.2, 0) is 71.3 Å². The van der Waals surface area contributed by atoms with Gasteiger partial charge in [0, 0.05) is 105 Å². The van der Waals surface area contributed by atoms with Gasteiger partial charge in [0.1, 0.15) is 16.8 Å².